The molecule has 130 valence electrons. The van der Waals surface area contributed by atoms with Gasteiger partial charge in [0, 0.05) is 19.3 Å². The van der Waals surface area contributed by atoms with Crippen LogP contribution in [0.15, 0.2) is 35.5 Å². The zero-order valence-electron chi connectivity index (χ0n) is 13.7. The molecule has 1 N–H and O–H groups in total. The predicted molar refractivity (Wildman–Crippen MR) is 89.1 cm³/mol. The van der Waals surface area contributed by atoms with Crippen molar-refractivity contribution in [3.63, 3.8) is 0 Å². The van der Waals surface area contributed by atoms with Crippen molar-refractivity contribution in [3.8, 4) is 5.69 Å². The molecule has 0 spiro atoms. The van der Waals surface area contributed by atoms with Crippen LogP contribution in [0.4, 0.5) is 4.39 Å². The van der Waals surface area contributed by atoms with Crippen LogP contribution >= 0.6 is 0 Å². The minimum atomic E-state index is -3.72. The van der Waals surface area contributed by atoms with Gasteiger partial charge in [-0.1, -0.05) is 0 Å². The first-order chi connectivity index (χ1) is 11.4. The molecule has 8 heteroatoms. The van der Waals surface area contributed by atoms with E-state index in [1.165, 1.54) is 21.1 Å². The first kappa shape index (κ1) is 17.1. The summed E-state index contributed by atoms with van der Waals surface area (Å²) >= 11 is 0. The molecule has 0 saturated carbocycles. The van der Waals surface area contributed by atoms with Gasteiger partial charge in [0.1, 0.15) is 11.5 Å². The number of sulfonamides is 1. The Morgan fingerprint density at radius 3 is 2.62 bits per heavy atom. The van der Waals surface area contributed by atoms with Gasteiger partial charge >= 0.3 is 0 Å². The fraction of sp³-hybridized carbons (Fsp3) is 0.438. The molecule has 1 aliphatic rings. The zero-order chi connectivity index (χ0) is 17.3. The topological polar surface area (TPSA) is 67.2 Å². The van der Waals surface area contributed by atoms with Crippen molar-refractivity contribution in [2.45, 2.75) is 30.7 Å². The lowest BCUT2D eigenvalue weighted by Gasteiger charge is -2.30. The smallest absolute Gasteiger partial charge is 0.243 e. The van der Waals surface area contributed by atoms with Gasteiger partial charge in [-0.05, 0) is 56.6 Å². The normalized spacial score (nSPS) is 16.7. The van der Waals surface area contributed by atoms with Crippen LogP contribution in [-0.4, -0.2) is 48.7 Å². The highest BCUT2D eigenvalue weighted by Gasteiger charge is 2.29. The van der Waals surface area contributed by atoms with Gasteiger partial charge in [0.05, 0.1) is 11.1 Å². The summed E-state index contributed by atoms with van der Waals surface area (Å²) in [6.45, 7) is 3.43. The minimum absolute atomic E-state index is 0.0336. The molecule has 0 atom stereocenters. The lowest BCUT2D eigenvalue weighted by Crippen LogP contribution is -2.43. The summed E-state index contributed by atoms with van der Waals surface area (Å²) in [4.78, 5) is -0.0336. The van der Waals surface area contributed by atoms with Gasteiger partial charge in [-0.2, -0.15) is 9.40 Å². The predicted octanol–water partition coefficient (Wildman–Crippen LogP) is 1.69. The standard InChI is InChI=1S/C16H21FN4O2S/c1-12-10-19-21(11-12)16-4-3-14(9-15(16)17)24(22,23)20(2)13-5-7-18-8-6-13/h3-4,9-11,13,18H,5-8H2,1-2H3. The molecule has 0 aliphatic carbocycles. The van der Waals surface area contributed by atoms with Gasteiger partial charge in [0.25, 0.3) is 0 Å². The molecule has 6 nitrogen and oxygen atoms in total. The maximum Gasteiger partial charge on any atom is 0.243 e. The second kappa shape index (κ2) is 6.62. The van der Waals surface area contributed by atoms with Crippen LogP contribution in [0.5, 0.6) is 0 Å². The van der Waals surface area contributed by atoms with Crippen LogP contribution in [0.1, 0.15) is 18.4 Å². The zero-order valence-corrected chi connectivity index (χ0v) is 14.6. The number of nitrogens with one attached hydrogen (secondary N) is 1. The van der Waals surface area contributed by atoms with Crippen LogP contribution < -0.4 is 5.32 Å². The van der Waals surface area contributed by atoms with E-state index in [0.29, 0.717) is 0 Å². The Bertz CT molecular complexity index is 828. The van der Waals surface area contributed by atoms with Crippen molar-refractivity contribution >= 4 is 10.0 Å². The Balaban J connectivity index is 1.89. The Hall–Kier alpha value is -1.77. The minimum Gasteiger partial charge on any atom is -0.317 e. The molecule has 1 saturated heterocycles. The summed E-state index contributed by atoms with van der Waals surface area (Å²) in [5.74, 6) is -0.613. The van der Waals surface area contributed by atoms with Crippen molar-refractivity contribution < 1.29 is 12.8 Å². The van der Waals surface area contributed by atoms with Crippen molar-refractivity contribution in [3.05, 3.63) is 42.0 Å². The van der Waals surface area contributed by atoms with Crippen LogP contribution in [-0.2, 0) is 10.0 Å². The van der Waals surface area contributed by atoms with Crippen LogP contribution in [0, 0.1) is 12.7 Å². The second-order valence-electron chi connectivity index (χ2n) is 6.08. The Kier molecular flexibility index (Phi) is 4.71. The van der Waals surface area contributed by atoms with E-state index >= 15 is 0 Å². The fourth-order valence-electron chi connectivity index (χ4n) is 2.91. The molecule has 1 aliphatic heterocycles. The van der Waals surface area contributed by atoms with Crippen molar-refractivity contribution in [2.75, 3.05) is 20.1 Å². The van der Waals surface area contributed by atoms with Crippen molar-refractivity contribution in [1.29, 1.82) is 0 Å². The van der Waals surface area contributed by atoms with Gasteiger partial charge in [-0.15, -0.1) is 0 Å². The third-order valence-electron chi connectivity index (χ3n) is 4.38. The number of nitrogens with zero attached hydrogens (tertiary/aromatic N) is 3. The number of hydrogen-bond acceptors (Lipinski definition) is 4. The van der Waals surface area contributed by atoms with Gasteiger partial charge in [-0.3, -0.25) is 0 Å². The summed E-state index contributed by atoms with van der Waals surface area (Å²) in [6, 6.07) is 3.89. The maximum absolute atomic E-state index is 14.4. The van der Waals surface area contributed by atoms with E-state index < -0.39 is 15.8 Å². The van der Waals surface area contributed by atoms with Gasteiger partial charge in [0.15, 0.2) is 0 Å². The van der Waals surface area contributed by atoms with Crippen molar-refractivity contribution in [1.82, 2.24) is 19.4 Å². The largest absolute Gasteiger partial charge is 0.317 e. The lowest BCUT2D eigenvalue weighted by molar-refractivity contribution is 0.296. The van der Waals surface area contributed by atoms with Gasteiger partial charge < -0.3 is 5.32 Å². The highest BCUT2D eigenvalue weighted by Crippen LogP contribution is 2.24. The number of aromatic nitrogens is 2. The maximum atomic E-state index is 14.4. The first-order valence-corrected chi connectivity index (χ1v) is 9.33. The Morgan fingerprint density at radius 1 is 1.33 bits per heavy atom. The number of rotatable bonds is 4. The molecule has 0 bridgehead atoms. The van der Waals surface area contributed by atoms with Gasteiger partial charge in [0.2, 0.25) is 10.0 Å². The van der Waals surface area contributed by atoms with Crippen LogP contribution in [0.25, 0.3) is 5.69 Å². The van der Waals surface area contributed by atoms with E-state index in [4.69, 9.17) is 0 Å². The number of benzene rings is 1. The molecule has 2 heterocycles. The molecule has 3 rings (SSSR count). The Morgan fingerprint density at radius 2 is 2.04 bits per heavy atom. The second-order valence-corrected chi connectivity index (χ2v) is 8.08. The SMILES string of the molecule is Cc1cnn(-c2ccc(S(=O)(=O)N(C)C3CCNCC3)cc2F)c1. The van der Waals surface area contributed by atoms with E-state index in [0.717, 1.165) is 37.6 Å². The summed E-state index contributed by atoms with van der Waals surface area (Å²) < 4.78 is 42.7. The third kappa shape index (κ3) is 3.22. The first-order valence-electron chi connectivity index (χ1n) is 7.89. The van der Waals surface area contributed by atoms with Crippen LogP contribution in [0.3, 0.4) is 0 Å². The average molecular weight is 352 g/mol. The average Bonchev–Trinajstić information content (AvgIpc) is 3.01. The third-order valence-corrected chi connectivity index (χ3v) is 6.28. The van der Waals surface area contributed by atoms with Crippen molar-refractivity contribution in [2.24, 2.45) is 0 Å². The molecular weight excluding hydrogens is 331 g/mol. The molecule has 1 aromatic heterocycles. The van der Waals surface area contributed by atoms with E-state index in [1.807, 2.05) is 6.92 Å². The monoisotopic (exact) mass is 352 g/mol. The van der Waals surface area contributed by atoms with E-state index in [-0.39, 0.29) is 16.6 Å². The fourth-order valence-corrected chi connectivity index (χ4v) is 4.34. The lowest BCUT2D eigenvalue weighted by atomic mass is 10.1. The number of halogens is 1. The highest BCUT2D eigenvalue weighted by atomic mass is 32.2. The summed E-state index contributed by atoms with van der Waals surface area (Å²) in [5, 5.41) is 7.26. The van der Waals surface area contributed by atoms with Crippen LogP contribution in [0.2, 0.25) is 0 Å². The quantitative estimate of drug-likeness (QED) is 0.909. The number of aryl methyl sites for hydroxylation is 1. The van der Waals surface area contributed by atoms with E-state index in [1.54, 1.807) is 19.4 Å². The molecule has 1 fully saturated rings. The summed E-state index contributed by atoms with van der Waals surface area (Å²) in [6.07, 6.45) is 4.81. The molecule has 0 amide bonds. The highest BCUT2D eigenvalue weighted by molar-refractivity contribution is 7.89. The summed E-state index contributed by atoms with van der Waals surface area (Å²) in [5.41, 5.74) is 1.13. The molecular formula is C16H21FN4O2S. The Labute approximate surface area is 141 Å². The molecule has 24 heavy (non-hydrogen) atoms. The molecule has 0 radical (unpaired) electrons. The van der Waals surface area contributed by atoms with Gasteiger partial charge in [-0.25, -0.2) is 17.5 Å². The number of piperidine rings is 1. The molecule has 1 aromatic carbocycles. The number of hydrogen-bond donors (Lipinski definition) is 1. The molecule has 0 unspecified atom stereocenters. The molecule has 2 aromatic rings. The summed E-state index contributed by atoms with van der Waals surface area (Å²) in [7, 11) is -2.16. The van der Waals surface area contributed by atoms with E-state index in [9.17, 15) is 12.8 Å². The van der Waals surface area contributed by atoms with E-state index in [2.05, 4.69) is 10.4 Å².